The summed E-state index contributed by atoms with van der Waals surface area (Å²) in [5, 5.41) is 21.4. The molecular weight excluding hydrogens is 242 g/mol. The molecule has 102 valence electrons. The van der Waals surface area contributed by atoms with Gasteiger partial charge in [-0.05, 0) is 12.1 Å². The number of aryl methyl sites for hydroxylation is 1. The van der Waals surface area contributed by atoms with E-state index in [9.17, 15) is 5.11 Å². The Bertz CT molecular complexity index is 525. The maximum atomic E-state index is 9.41. The van der Waals surface area contributed by atoms with E-state index in [1.54, 1.807) is 6.20 Å². The van der Waals surface area contributed by atoms with E-state index < -0.39 is 6.10 Å². The van der Waals surface area contributed by atoms with E-state index in [0.717, 1.165) is 23.6 Å². The van der Waals surface area contributed by atoms with Gasteiger partial charge in [-0.3, -0.25) is 0 Å². The maximum absolute atomic E-state index is 9.41. The molecule has 0 aliphatic heterocycles. The molecule has 1 aromatic heterocycles. The number of nitrogens with one attached hydrogen (secondary N) is 1. The maximum Gasteiger partial charge on any atom is 0.112 e. The van der Waals surface area contributed by atoms with Crippen molar-refractivity contribution in [2.24, 2.45) is 0 Å². The smallest absolute Gasteiger partial charge is 0.112 e. The van der Waals surface area contributed by atoms with Gasteiger partial charge < -0.3 is 20.1 Å². The highest BCUT2D eigenvalue weighted by molar-refractivity contribution is 5.61. The standard InChI is InChI=1S/C14H19N3O2/c1-2-14-15-7-8-17(14)13-6-4-3-5-12(13)16-9-11(19)10-18/h3-8,11,16,18-19H,2,9-10H2,1H3. The van der Waals surface area contributed by atoms with Crippen LogP contribution in [-0.2, 0) is 6.42 Å². The molecule has 2 rings (SSSR count). The van der Waals surface area contributed by atoms with Crippen LogP contribution in [0, 0.1) is 0 Å². The molecule has 2 aromatic rings. The van der Waals surface area contributed by atoms with Gasteiger partial charge in [0.15, 0.2) is 0 Å². The molecule has 0 spiro atoms. The summed E-state index contributed by atoms with van der Waals surface area (Å²) in [6, 6.07) is 7.83. The van der Waals surface area contributed by atoms with Gasteiger partial charge >= 0.3 is 0 Å². The summed E-state index contributed by atoms with van der Waals surface area (Å²) < 4.78 is 2.02. The van der Waals surface area contributed by atoms with E-state index in [-0.39, 0.29) is 6.61 Å². The summed E-state index contributed by atoms with van der Waals surface area (Å²) in [5.74, 6) is 0.983. The van der Waals surface area contributed by atoms with E-state index in [1.165, 1.54) is 0 Å². The number of aliphatic hydroxyl groups is 2. The number of hydrogen-bond acceptors (Lipinski definition) is 4. The third-order valence-corrected chi connectivity index (χ3v) is 2.94. The van der Waals surface area contributed by atoms with Crippen LogP contribution in [0.2, 0.25) is 0 Å². The lowest BCUT2D eigenvalue weighted by atomic mass is 10.2. The van der Waals surface area contributed by atoms with Crippen LogP contribution in [0.15, 0.2) is 36.7 Å². The molecule has 1 atom stereocenters. The lowest BCUT2D eigenvalue weighted by molar-refractivity contribution is 0.105. The lowest BCUT2D eigenvalue weighted by Gasteiger charge is -2.15. The number of aromatic nitrogens is 2. The summed E-state index contributed by atoms with van der Waals surface area (Å²) in [7, 11) is 0. The topological polar surface area (TPSA) is 70.3 Å². The second kappa shape index (κ2) is 6.36. The van der Waals surface area contributed by atoms with Crippen molar-refractivity contribution in [3.8, 4) is 5.69 Å². The predicted octanol–water partition coefficient (Wildman–Crippen LogP) is 1.20. The molecule has 0 saturated carbocycles. The number of para-hydroxylation sites is 2. The van der Waals surface area contributed by atoms with Crippen LogP contribution >= 0.6 is 0 Å². The fourth-order valence-corrected chi connectivity index (χ4v) is 1.94. The zero-order valence-corrected chi connectivity index (χ0v) is 11.0. The number of rotatable bonds is 6. The third kappa shape index (κ3) is 3.13. The number of imidazole rings is 1. The number of anilines is 1. The quantitative estimate of drug-likeness (QED) is 0.731. The summed E-state index contributed by atoms with van der Waals surface area (Å²) in [4.78, 5) is 4.31. The second-order valence-electron chi connectivity index (χ2n) is 4.30. The van der Waals surface area contributed by atoms with Crippen LogP contribution in [-0.4, -0.2) is 39.0 Å². The number of hydrogen-bond donors (Lipinski definition) is 3. The molecule has 3 N–H and O–H groups in total. The Morgan fingerprint density at radius 1 is 1.37 bits per heavy atom. The van der Waals surface area contributed by atoms with E-state index in [2.05, 4.69) is 17.2 Å². The van der Waals surface area contributed by atoms with Crippen molar-refractivity contribution < 1.29 is 10.2 Å². The molecule has 0 saturated heterocycles. The first-order valence-electron chi connectivity index (χ1n) is 6.40. The highest BCUT2D eigenvalue weighted by Gasteiger charge is 2.09. The van der Waals surface area contributed by atoms with Crippen molar-refractivity contribution in [3.05, 3.63) is 42.5 Å². The molecule has 5 nitrogen and oxygen atoms in total. The molecule has 1 aromatic carbocycles. The Morgan fingerprint density at radius 2 is 2.16 bits per heavy atom. The first-order chi connectivity index (χ1) is 9.26. The number of benzene rings is 1. The monoisotopic (exact) mass is 261 g/mol. The molecule has 0 amide bonds. The molecule has 1 heterocycles. The van der Waals surface area contributed by atoms with Gasteiger partial charge in [-0.2, -0.15) is 0 Å². The van der Waals surface area contributed by atoms with Crippen LogP contribution in [0.4, 0.5) is 5.69 Å². The molecule has 19 heavy (non-hydrogen) atoms. The van der Waals surface area contributed by atoms with Gasteiger partial charge in [-0.25, -0.2) is 4.98 Å². The predicted molar refractivity (Wildman–Crippen MR) is 74.5 cm³/mol. The second-order valence-corrected chi connectivity index (χ2v) is 4.30. The molecule has 1 unspecified atom stereocenters. The van der Waals surface area contributed by atoms with Gasteiger partial charge in [0.05, 0.1) is 24.1 Å². The number of aliphatic hydroxyl groups excluding tert-OH is 2. The fraction of sp³-hybridized carbons (Fsp3) is 0.357. The van der Waals surface area contributed by atoms with Crippen molar-refractivity contribution in [2.75, 3.05) is 18.5 Å². The van der Waals surface area contributed by atoms with Gasteiger partial charge in [-0.1, -0.05) is 19.1 Å². The Labute approximate surface area is 112 Å². The van der Waals surface area contributed by atoms with E-state index in [1.807, 2.05) is 35.0 Å². The van der Waals surface area contributed by atoms with Crippen molar-refractivity contribution in [2.45, 2.75) is 19.4 Å². The molecule has 0 aliphatic carbocycles. The Hall–Kier alpha value is -1.85. The molecule has 0 bridgehead atoms. The lowest BCUT2D eigenvalue weighted by Crippen LogP contribution is -2.23. The van der Waals surface area contributed by atoms with Crippen molar-refractivity contribution in [1.29, 1.82) is 0 Å². The minimum Gasteiger partial charge on any atom is -0.394 e. The van der Waals surface area contributed by atoms with Gasteiger partial charge in [-0.15, -0.1) is 0 Å². The average Bonchev–Trinajstić information content (AvgIpc) is 2.93. The van der Waals surface area contributed by atoms with Crippen LogP contribution in [0.3, 0.4) is 0 Å². The van der Waals surface area contributed by atoms with E-state index >= 15 is 0 Å². The largest absolute Gasteiger partial charge is 0.394 e. The van der Waals surface area contributed by atoms with Gasteiger partial charge in [0, 0.05) is 25.4 Å². The summed E-state index contributed by atoms with van der Waals surface area (Å²) >= 11 is 0. The highest BCUT2D eigenvalue weighted by atomic mass is 16.3. The summed E-state index contributed by atoms with van der Waals surface area (Å²) in [5.41, 5.74) is 1.89. The van der Waals surface area contributed by atoms with Crippen molar-refractivity contribution >= 4 is 5.69 Å². The van der Waals surface area contributed by atoms with Crippen LogP contribution in [0.1, 0.15) is 12.7 Å². The van der Waals surface area contributed by atoms with Crippen LogP contribution in [0.25, 0.3) is 5.69 Å². The SMILES string of the molecule is CCc1nccn1-c1ccccc1NCC(O)CO. The molecule has 0 aliphatic rings. The average molecular weight is 261 g/mol. The van der Waals surface area contributed by atoms with Gasteiger partial charge in [0.25, 0.3) is 0 Å². The minimum atomic E-state index is -0.763. The third-order valence-electron chi connectivity index (χ3n) is 2.94. The fourth-order valence-electron chi connectivity index (χ4n) is 1.94. The number of nitrogens with zero attached hydrogens (tertiary/aromatic N) is 2. The van der Waals surface area contributed by atoms with Crippen LogP contribution in [0.5, 0.6) is 0 Å². The minimum absolute atomic E-state index is 0.250. The van der Waals surface area contributed by atoms with Gasteiger partial charge in [0.1, 0.15) is 5.82 Å². The zero-order chi connectivity index (χ0) is 13.7. The first-order valence-corrected chi connectivity index (χ1v) is 6.40. The van der Waals surface area contributed by atoms with Crippen LogP contribution < -0.4 is 5.32 Å². The van der Waals surface area contributed by atoms with E-state index in [0.29, 0.717) is 6.54 Å². The molecule has 0 fully saturated rings. The molecule has 0 radical (unpaired) electrons. The first kappa shape index (κ1) is 13.6. The molecule has 5 heteroatoms. The van der Waals surface area contributed by atoms with Crippen molar-refractivity contribution in [1.82, 2.24) is 9.55 Å². The van der Waals surface area contributed by atoms with Crippen molar-refractivity contribution in [3.63, 3.8) is 0 Å². The Morgan fingerprint density at radius 3 is 2.89 bits per heavy atom. The van der Waals surface area contributed by atoms with E-state index in [4.69, 9.17) is 5.11 Å². The Kier molecular flexibility index (Phi) is 4.54. The molecular formula is C14H19N3O2. The zero-order valence-electron chi connectivity index (χ0n) is 11.0. The normalized spacial score (nSPS) is 12.4. The Balaban J connectivity index is 2.26. The van der Waals surface area contributed by atoms with Gasteiger partial charge in [0.2, 0.25) is 0 Å². The summed E-state index contributed by atoms with van der Waals surface area (Å²) in [6.07, 6.45) is 3.78. The highest BCUT2D eigenvalue weighted by Crippen LogP contribution is 2.21. The summed E-state index contributed by atoms with van der Waals surface area (Å²) in [6.45, 7) is 2.12.